The van der Waals surface area contributed by atoms with Gasteiger partial charge in [0.2, 0.25) is 0 Å². The van der Waals surface area contributed by atoms with Crippen LogP contribution in [0, 0.1) is 11.3 Å². The highest BCUT2D eigenvalue weighted by Gasteiger charge is 2.45. The maximum absolute atomic E-state index is 11.6. The van der Waals surface area contributed by atoms with Gasteiger partial charge in [0, 0.05) is 25.0 Å². The molecule has 2 aliphatic rings. The number of nitrogens with zero attached hydrogens (tertiary/aromatic N) is 2. The van der Waals surface area contributed by atoms with E-state index in [1.54, 1.807) is 0 Å². The number of piperidine rings is 1. The Balaban J connectivity index is 1.30. The number of rotatable bonds is 5. The molecule has 32 heavy (non-hydrogen) atoms. The first-order valence-corrected chi connectivity index (χ1v) is 11.3. The zero-order chi connectivity index (χ0) is 22.0. The number of hydrogen-bond donors (Lipinski definition) is 1. The van der Waals surface area contributed by atoms with E-state index in [0.29, 0.717) is 25.2 Å². The minimum atomic E-state index is -0.724. The molecule has 2 unspecified atom stereocenters. The van der Waals surface area contributed by atoms with Crippen LogP contribution in [0.5, 0.6) is 0 Å². The number of morpholine rings is 1. The normalized spacial score (nSPS) is 25.2. The predicted molar refractivity (Wildman–Crippen MR) is 125 cm³/mol. The van der Waals surface area contributed by atoms with Crippen molar-refractivity contribution in [2.45, 2.75) is 43.5 Å². The van der Waals surface area contributed by atoms with E-state index < -0.39 is 5.60 Å². The first-order chi connectivity index (χ1) is 15.6. The number of fused-ring (bicyclic) bond motifs is 2. The van der Waals surface area contributed by atoms with Crippen LogP contribution >= 0.6 is 0 Å². The summed E-state index contributed by atoms with van der Waals surface area (Å²) in [6.07, 6.45) is 2.07. The van der Waals surface area contributed by atoms with Crippen molar-refractivity contribution < 1.29 is 9.84 Å². The highest BCUT2D eigenvalue weighted by atomic mass is 16.5. The molecule has 3 aromatic carbocycles. The van der Waals surface area contributed by atoms with Gasteiger partial charge in [0.15, 0.2) is 0 Å². The second-order valence-corrected chi connectivity index (χ2v) is 9.17. The van der Waals surface area contributed by atoms with Gasteiger partial charge in [-0.15, -0.1) is 0 Å². The van der Waals surface area contributed by atoms with Crippen molar-refractivity contribution in [3.63, 3.8) is 0 Å². The minimum Gasteiger partial charge on any atom is -0.389 e. The van der Waals surface area contributed by atoms with Gasteiger partial charge in [-0.1, -0.05) is 72.8 Å². The molecule has 3 aromatic rings. The van der Waals surface area contributed by atoms with Gasteiger partial charge in [0.05, 0.1) is 30.4 Å². The molecular formula is C28H28N2O2. The molecule has 0 radical (unpaired) electrons. The molecule has 0 spiro atoms. The zero-order valence-electron chi connectivity index (χ0n) is 18.2. The Hall–Kier alpha value is -2.97. The van der Waals surface area contributed by atoms with Crippen LogP contribution in [0.1, 0.15) is 29.5 Å². The van der Waals surface area contributed by atoms with Crippen molar-refractivity contribution in [3.8, 4) is 17.2 Å². The van der Waals surface area contributed by atoms with Crippen molar-refractivity contribution in [1.82, 2.24) is 4.90 Å². The van der Waals surface area contributed by atoms with Crippen molar-refractivity contribution in [2.75, 3.05) is 13.2 Å². The summed E-state index contributed by atoms with van der Waals surface area (Å²) in [6.45, 7) is 2.26. The van der Waals surface area contributed by atoms with Crippen molar-refractivity contribution in [2.24, 2.45) is 0 Å². The Labute approximate surface area is 189 Å². The summed E-state index contributed by atoms with van der Waals surface area (Å²) in [7, 11) is 0. The lowest BCUT2D eigenvalue weighted by atomic mass is 9.77. The summed E-state index contributed by atoms with van der Waals surface area (Å²) in [4.78, 5) is 2.52. The van der Waals surface area contributed by atoms with Gasteiger partial charge in [0.1, 0.15) is 0 Å². The third-order valence-electron chi connectivity index (χ3n) is 6.84. The fourth-order valence-corrected chi connectivity index (χ4v) is 5.35. The summed E-state index contributed by atoms with van der Waals surface area (Å²) >= 11 is 0. The molecule has 2 saturated heterocycles. The van der Waals surface area contributed by atoms with Crippen LogP contribution < -0.4 is 0 Å². The first kappa shape index (κ1) is 20.9. The topological polar surface area (TPSA) is 56.5 Å². The molecule has 4 nitrogen and oxygen atoms in total. The van der Waals surface area contributed by atoms with Gasteiger partial charge in [-0.2, -0.15) is 5.26 Å². The van der Waals surface area contributed by atoms with Crippen molar-refractivity contribution >= 4 is 0 Å². The van der Waals surface area contributed by atoms with Gasteiger partial charge in [0.25, 0.3) is 0 Å². The lowest BCUT2D eigenvalue weighted by molar-refractivity contribution is -0.145. The van der Waals surface area contributed by atoms with Crippen LogP contribution in [0.15, 0.2) is 78.9 Å². The number of hydrogen-bond acceptors (Lipinski definition) is 4. The van der Waals surface area contributed by atoms with Gasteiger partial charge >= 0.3 is 0 Å². The maximum atomic E-state index is 11.6. The quantitative estimate of drug-likeness (QED) is 0.652. The first-order valence-electron chi connectivity index (χ1n) is 11.3. The Bertz CT molecular complexity index is 1090. The molecule has 1 N–H and O–H groups in total. The molecule has 2 heterocycles. The molecule has 162 valence electrons. The average Bonchev–Trinajstić information content (AvgIpc) is 2.81. The molecule has 5 rings (SSSR count). The Kier molecular flexibility index (Phi) is 5.80. The van der Waals surface area contributed by atoms with Crippen molar-refractivity contribution in [3.05, 3.63) is 95.6 Å². The van der Waals surface area contributed by atoms with Gasteiger partial charge in [-0.3, -0.25) is 4.90 Å². The number of nitriles is 1. The summed E-state index contributed by atoms with van der Waals surface area (Å²) in [5.41, 5.74) is 4.36. The third-order valence-corrected chi connectivity index (χ3v) is 6.84. The van der Waals surface area contributed by atoms with E-state index in [1.807, 2.05) is 30.3 Å². The summed E-state index contributed by atoms with van der Waals surface area (Å²) in [5.74, 6) is 0. The van der Waals surface area contributed by atoms with Crippen LogP contribution in [0.4, 0.5) is 0 Å². The summed E-state index contributed by atoms with van der Waals surface area (Å²) in [5, 5.41) is 20.9. The van der Waals surface area contributed by atoms with Crippen LogP contribution in [0.2, 0.25) is 0 Å². The van der Waals surface area contributed by atoms with Crippen LogP contribution in [-0.4, -0.2) is 40.9 Å². The molecule has 0 amide bonds. The van der Waals surface area contributed by atoms with E-state index in [4.69, 9.17) is 4.74 Å². The minimum absolute atomic E-state index is 0.231. The maximum Gasteiger partial charge on any atom is 0.0998 e. The Morgan fingerprint density at radius 2 is 1.53 bits per heavy atom. The summed E-state index contributed by atoms with van der Waals surface area (Å²) < 4.78 is 5.86. The SMILES string of the molecule is N#Cc1ccccc1-c1ccc(CC2(O)CC3COCC(C2)N3Cc2ccccc2)cc1. The zero-order valence-corrected chi connectivity index (χ0v) is 18.2. The lowest BCUT2D eigenvalue weighted by Crippen LogP contribution is -2.61. The largest absolute Gasteiger partial charge is 0.389 e. The van der Waals surface area contributed by atoms with Crippen LogP contribution in [0.3, 0.4) is 0 Å². The van der Waals surface area contributed by atoms with E-state index in [2.05, 4.69) is 59.5 Å². The summed E-state index contributed by atoms with van der Waals surface area (Å²) in [6, 6.07) is 29.2. The Morgan fingerprint density at radius 1 is 0.875 bits per heavy atom. The number of aliphatic hydroxyl groups is 1. The fourth-order valence-electron chi connectivity index (χ4n) is 5.35. The predicted octanol–water partition coefficient (Wildman–Crippen LogP) is 4.56. The molecular weight excluding hydrogens is 396 g/mol. The van der Waals surface area contributed by atoms with Gasteiger partial charge in [-0.05, 0) is 41.2 Å². The molecule has 2 bridgehead atoms. The molecule has 2 fully saturated rings. The smallest absolute Gasteiger partial charge is 0.0998 e. The molecule has 0 aliphatic carbocycles. The molecule has 2 atom stereocenters. The number of ether oxygens (including phenoxy) is 1. The van der Waals surface area contributed by atoms with Gasteiger partial charge in [-0.25, -0.2) is 0 Å². The molecule has 4 heteroatoms. The van der Waals surface area contributed by atoms with Gasteiger partial charge < -0.3 is 9.84 Å². The molecule has 2 aliphatic heterocycles. The van der Waals surface area contributed by atoms with E-state index >= 15 is 0 Å². The monoisotopic (exact) mass is 424 g/mol. The standard InChI is InChI=1S/C28H28N2O2/c29-17-24-8-4-5-9-27(24)23-12-10-21(11-13-23)14-28(31)15-25-19-32-20-26(16-28)30(25)18-22-6-2-1-3-7-22/h1-13,25-26,31H,14-16,18-20H2. The van der Waals surface area contributed by atoms with Crippen LogP contribution in [0.25, 0.3) is 11.1 Å². The van der Waals surface area contributed by atoms with E-state index in [9.17, 15) is 10.4 Å². The van der Waals surface area contributed by atoms with E-state index in [0.717, 1.165) is 36.1 Å². The molecule has 0 aromatic heterocycles. The second kappa shape index (κ2) is 8.88. The molecule has 0 saturated carbocycles. The highest BCUT2D eigenvalue weighted by molar-refractivity contribution is 5.70. The highest BCUT2D eigenvalue weighted by Crippen LogP contribution is 2.37. The Morgan fingerprint density at radius 3 is 2.22 bits per heavy atom. The van der Waals surface area contributed by atoms with Crippen LogP contribution in [-0.2, 0) is 17.7 Å². The van der Waals surface area contributed by atoms with E-state index in [-0.39, 0.29) is 12.1 Å². The third kappa shape index (κ3) is 4.33. The average molecular weight is 425 g/mol. The number of benzene rings is 3. The fraction of sp³-hybridized carbons (Fsp3) is 0.321. The second-order valence-electron chi connectivity index (χ2n) is 9.17. The lowest BCUT2D eigenvalue weighted by Gasteiger charge is -2.52. The van der Waals surface area contributed by atoms with E-state index in [1.165, 1.54) is 5.56 Å². The van der Waals surface area contributed by atoms with Crippen molar-refractivity contribution in [1.29, 1.82) is 5.26 Å².